The monoisotopic (exact) mass is 305 g/mol. The molecule has 0 unspecified atom stereocenters. The number of halogens is 1. The zero-order chi connectivity index (χ0) is 15.6. The van der Waals surface area contributed by atoms with Crippen LogP contribution in [0.2, 0.25) is 5.15 Å². The van der Waals surface area contributed by atoms with Crippen molar-refractivity contribution in [2.45, 2.75) is 26.8 Å². The van der Waals surface area contributed by atoms with E-state index in [-0.39, 0.29) is 10.7 Å². The number of hydrogen-bond donors (Lipinski definition) is 1. The lowest BCUT2D eigenvalue weighted by atomic mass is 10.0. The molecular weight excluding hydrogens is 290 g/mol. The van der Waals surface area contributed by atoms with Gasteiger partial charge in [-0.3, -0.25) is 14.2 Å². The fraction of sp³-hybridized carbons (Fsp3) is 0.267. The van der Waals surface area contributed by atoms with Crippen LogP contribution in [-0.2, 0) is 13.0 Å². The first-order chi connectivity index (χ1) is 9.92. The van der Waals surface area contributed by atoms with Crippen molar-refractivity contribution in [3.63, 3.8) is 0 Å². The van der Waals surface area contributed by atoms with Crippen molar-refractivity contribution in [1.82, 2.24) is 9.55 Å². The van der Waals surface area contributed by atoms with Crippen molar-refractivity contribution in [3.05, 3.63) is 62.3 Å². The van der Waals surface area contributed by atoms with E-state index in [1.165, 1.54) is 6.07 Å². The highest BCUT2D eigenvalue weighted by Gasteiger charge is 2.10. The van der Waals surface area contributed by atoms with Crippen LogP contribution in [0.4, 0.5) is 0 Å². The Hall–Kier alpha value is -2.14. The smallest absolute Gasteiger partial charge is 0.255 e. The first-order valence-electron chi connectivity index (χ1n) is 6.58. The molecule has 110 valence electrons. The molecule has 0 bridgehead atoms. The van der Waals surface area contributed by atoms with Crippen LogP contribution in [0.5, 0.6) is 0 Å². The van der Waals surface area contributed by atoms with E-state index in [4.69, 9.17) is 17.3 Å². The molecule has 0 saturated carbocycles. The van der Waals surface area contributed by atoms with Gasteiger partial charge >= 0.3 is 0 Å². The maximum Gasteiger partial charge on any atom is 0.255 e. The molecule has 5 nitrogen and oxygen atoms in total. The van der Waals surface area contributed by atoms with Gasteiger partial charge in [0.25, 0.3) is 5.56 Å². The van der Waals surface area contributed by atoms with Crippen molar-refractivity contribution < 1.29 is 4.79 Å². The van der Waals surface area contributed by atoms with Gasteiger partial charge in [0.15, 0.2) is 0 Å². The minimum Gasteiger partial charge on any atom is -0.366 e. The third-order valence-corrected chi connectivity index (χ3v) is 3.52. The van der Waals surface area contributed by atoms with Gasteiger partial charge in [-0.2, -0.15) is 0 Å². The average molecular weight is 306 g/mol. The molecular formula is C15H16ClN3O2. The normalized spacial score (nSPS) is 10.6. The number of rotatable bonds is 4. The van der Waals surface area contributed by atoms with E-state index >= 15 is 0 Å². The highest BCUT2D eigenvalue weighted by molar-refractivity contribution is 6.29. The molecule has 0 fully saturated rings. The lowest BCUT2D eigenvalue weighted by Gasteiger charge is -2.13. The van der Waals surface area contributed by atoms with Crippen LogP contribution in [0.1, 0.15) is 34.2 Å². The van der Waals surface area contributed by atoms with Gasteiger partial charge in [-0.15, -0.1) is 0 Å². The first kappa shape index (κ1) is 15.3. The zero-order valence-electron chi connectivity index (χ0n) is 11.9. The third kappa shape index (κ3) is 3.31. The van der Waals surface area contributed by atoms with Crippen molar-refractivity contribution in [2.75, 3.05) is 0 Å². The molecule has 6 heteroatoms. The molecule has 0 aliphatic carbocycles. The standard InChI is InChI=1S/C15H16ClN3O2/c1-3-13-18-12(16)7-14(20)19(13)8-11-5-4-10(15(17)21)6-9(11)2/h4-7H,3,8H2,1-2H3,(H2,17,21). The van der Waals surface area contributed by atoms with E-state index in [0.29, 0.717) is 24.4 Å². The molecule has 2 rings (SSSR count). The summed E-state index contributed by atoms with van der Waals surface area (Å²) in [4.78, 5) is 27.4. The third-order valence-electron chi connectivity index (χ3n) is 3.33. The van der Waals surface area contributed by atoms with Gasteiger partial charge in [0.05, 0.1) is 6.54 Å². The first-order valence-corrected chi connectivity index (χ1v) is 6.95. The minimum atomic E-state index is -0.468. The van der Waals surface area contributed by atoms with Crippen LogP contribution < -0.4 is 11.3 Å². The Morgan fingerprint density at radius 2 is 2.10 bits per heavy atom. The Kier molecular flexibility index (Phi) is 4.43. The summed E-state index contributed by atoms with van der Waals surface area (Å²) in [6, 6.07) is 6.48. The molecule has 1 heterocycles. The Bertz CT molecular complexity index is 753. The van der Waals surface area contributed by atoms with E-state index in [1.54, 1.807) is 22.8 Å². The number of primary amides is 1. The fourth-order valence-corrected chi connectivity index (χ4v) is 2.35. The van der Waals surface area contributed by atoms with Gasteiger partial charge in [-0.1, -0.05) is 24.6 Å². The molecule has 0 spiro atoms. The van der Waals surface area contributed by atoms with Gasteiger partial charge in [0, 0.05) is 18.1 Å². The van der Waals surface area contributed by atoms with E-state index in [2.05, 4.69) is 4.98 Å². The predicted octanol–water partition coefficient (Wildman–Crippen LogP) is 1.91. The van der Waals surface area contributed by atoms with Crippen LogP contribution in [0.25, 0.3) is 0 Å². The Labute approximate surface area is 127 Å². The number of benzene rings is 1. The number of amides is 1. The number of nitrogens with zero attached hydrogens (tertiary/aromatic N) is 2. The summed E-state index contributed by atoms with van der Waals surface area (Å²) >= 11 is 5.81. The Morgan fingerprint density at radius 1 is 1.38 bits per heavy atom. The summed E-state index contributed by atoms with van der Waals surface area (Å²) in [7, 11) is 0. The molecule has 0 radical (unpaired) electrons. The lowest BCUT2D eigenvalue weighted by Crippen LogP contribution is -2.25. The number of carbonyl (C=O) groups is 1. The molecule has 1 aromatic carbocycles. The van der Waals surface area contributed by atoms with E-state index in [9.17, 15) is 9.59 Å². The van der Waals surface area contributed by atoms with Crippen molar-refractivity contribution in [1.29, 1.82) is 0 Å². The lowest BCUT2D eigenvalue weighted by molar-refractivity contribution is 0.1000. The molecule has 21 heavy (non-hydrogen) atoms. The average Bonchev–Trinajstić information content (AvgIpc) is 2.42. The van der Waals surface area contributed by atoms with Gasteiger partial charge in [-0.25, -0.2) is 4.98 Å². The van der Waals surface area contributed by atoms with Crippen LogP contribution in [-0.4, -0.2) is 15.5 Å². The molecule has 2 N–H and O–H groups in total. The SMILES string of the molecule is CCc1nc(Cl)cc(=O)n1Cc1ccc(C(N)=O)cc1C. The number of aryl methyl sites for hydroxylation is 2. The Balaban J connectivity index is 2.43. The van der Waals surface area contributed by atoms with E-state index in [1.807, 2.05) is 13.8 Å². The highest BCUT2D eigenvalue weighted by Crippen LogP contribution is 2.13. The molecule has 0 aliphatic rings. The fourth-order valence-electron chi connectivity index (χ4n) is 2.16. The van der Waals surface area contributed by atoms with Gasteiger partial charge in [0.1, 0.15) is 11.0 Å². The van der Waals surface area contributed by atoms with Crippen LogP contribution in [0.3, 0.4) is 0 Å². The quantitative estimate of drug-likeness (QED) is 0.877. The highest BCUT2D eigenvalue weighted by atomic mass is 35.5. The summed E-state index contributed by atoms with van der Waals surface area (Å²) in [6.07, 6.45) is 0.605. The molecule has 1 aromatic heterocycles. The second-order valence-corrected chi connectivity index (χ2v) is 5.17. The molecule has 0 atom stereocenters. The summed E-state index contributed by atoms with van der Waals surface area (Å²) in [5, 5.41) is 0.203. The molecule has 0 aliphatic heterocycles. The minimum absolute atomic E-state index is 0.190. The zero-order valence-corrected chi connectivity index (χ0v) is 12.6. The van der Waals surface area contributed by atoms with Gasteiger partial charge in [0.2, 0.25) is 5.91 Å². The van der Waals surface area contributed by atoms with Gasteiger partial charge < -0.3 is 5.73 Å². The Morgan fingerprint density at radius 3 is 2.67 bits per heavy atom. The molecule has 1 amide bonds. The molecule has 2 aromatic rings. The largest absolute Gasteiger partial charge is 0.366 e. The van der Waals surface area contributed by atoms with Gasteiger partial charge in [-0.05, 0) is 30.2 Å². The summed E-state index contributed by atoms with van der Waals surface area (Å²) in [5.74, 6) is 0.162. The maximum absolute atomic E-state index is 12.1. The second-order valence-electron chi connectivity index (χ2n) is 4.78. The molecule has 0 saturated heterocycles. The van der Waals surface area contributed by atoms with E-state index < -0.39 is 5.91 Å². The maximum atomic E-state index is 12.1. The van der Waals surface area contributed by atoms with Crippen molar-refractivity contribution in [2.24, 2.45) is 5.73 Å². The second kappa shape index (κ2) is 6.10. The number of carbonyl (C=O) groups excluding carboxylic acids is 1. The number of nitrogens with two attached hydrogens (primary N) is 1. The predicted molar refractivity (Wildman–Crippen MR) is 81.7 cm³/mol. The van der Waals surface area contributed by atoms with Crippen LogP contribution in [0.15, 0.2) is 29.1 Å². The number of hydrogen-bond acceptors (Lipinski definition) is 3. The van der Waals surface area contributed by atoms with Crippen LogP contribution >= 0.6 is 11.6 Å². The summed E-state index contributed by atoms with van der Waals surface area (Å²) in [5.41, 5.74) is 7.35. The van der Waals surface area contributed by atoms with Crippen molar-refractivity contribution in [3.8, 4) is 0 Å². The van der Waals surface area contributed by atoms with E-state index in [0.717, 1.165) is 11.1 Å². The van der Waals surface area contributed by atoms with Crippen LogP contribution in [0, 0.1) is 6.92 Å². The summed E-state index contributed by atoms with van der Waals surface area (Å²) < 4.78 is 1.58. The summed E-state index contributed by atoms with van der Waals surface area (Å²) in [6.45, 7) is 4.18. The number of aromatic nitrogens is 2. The topological polar surface area (TPSA) is 78.0 Å². The van der Waals surface area contributed by atoms with Crippen molar-refractivity contribution >= 4 is 17.5 Å².